The fourth-order valence-corrected chi connectivity index (χ4v) is 2.09. The Kier molecular flexibility index (Phi) is 3.83. The summed E-state index contributed by atoms with van der Waals surface area (Å²) in [7, 11) is -3.50. The molecule has 0 spiro atoms. The van der Waals surface area contributed by atoms with E-state index in [0.717, 1.165) is 18.4 Å². The van der Waals surface area contributed by atoms with Gasteiger partial charge in [0.05, 0.1) is 10.8 Å². The number of benzene rings is 1. The lowest BCUT2D eigenvalue weighted by atomic mass is 9.94. The molecular formula is C12H17F2NO2S. The molecule has 0 aliphatic heterocycles. The molecular weight excluding hydrogens is 260 g/mol. The maximum Gasteiger partial charge on any atom is 0.154 e. The van der Waals surface area contributed by atoms with E-state index in [2.05, 4.69) is 0 Å². The maximum absolute atomic E-state index is 13.8. The van der Waals surface area contributed by atoms with Crippen LogP contribution in [0.4, 0.5) is 8.78 Å². The first kappa shape index (κ1) is 15.0. The van der Waals surface area contributed by atoms with Gasteiger partial charge in [-0.15, -0.1) is 0 Å². The normalized spacial score (nSPS) is 14.6. The van der Waals surface area contributed by atoms with Gasteiger partial charge in [0.2, 0.25) is 0 Å². The molecule has 0 fully saturated rings. The van der Waals surface area contributed by atoms with Gasteiger partial charge in [0, 0.05) is 11.8 Å². The summed E-state index contributed by atoms with van der Waals surface area (Å²) >= 11 is 0. The Balaban J connectivity index is 3.36. The number of halogens is 2. The van der Waals surface area contributed by atoms with Crippen molar-refractivity contribution in [2.75, 3.05) is 6.26 Å². The SMILES string of the molecule is Cc1cc(F)c(C(N)C(C)(C)S(C)(=O)=O)cc1F. The molecule has 3 nitrogen and oxygen atoms in total. The Morgan fingerprint density at radius 2 is 1.72 bits per heavy atom. The molecule has 2 N–H and O–H groups in total. The van der Waals surface area contributed by atoms with Crippen molar-refractivity contribution < 1.29 is 17.2 Å². The minimum Gasteiger partial charge on any atom is -0.323 e. The van der Waals surface area contributed by atoms with Crippen molar-refractivity contribution in [1.29, 1.82) is 0 Å². The summed E-state index contributed by atoms with van der Waals surface area (Å²) in [6, 6.07) is 0.841. The highest BCUT2D eigenvalue weighted by Crippen LogP contribution is 2.32. The van der Waals surface area contributed by atoms with Gasteiger partial charge in [0.25, 0.3) is 0 Å². The first-order chi connectivity index (χ1) is 7.98. The van der Waals surface area contributed by atoms with E-state index in [-0.39, 0.29) is 11.1 Å². The van der Waals surface area contributed by atoms with Crippen LogP contribution in [0.3, 0.4) is 0 Å². The number of sulfone groups is 1. The van der Waals surface area contributed by atoms with Crippen molar-refractivity contribution in [2.45, 2.75) is 31.6 Å². The average molecular weight is 277 g/mol. The van der Waals surface area contributed by atoms with Crippen molar-refractivity contribution in [3.8, 4) is 0 Å². The first-order valence-electron chi connectivity index (χ1n) is 5.39. The minimum atomic E-state index is -3.50. The maximum atomic E-state index is 13.8. The quantitative estimate of drug-likeness (QED) is 0.920. The van der Waals surface area contributed by atoms with Gasteiger partial charge in [-0.2, -0.15) is 0 Å². The molecule has 102 valence electrons. The van der Waals surface area contributed by atoms with Crippen LogP contribution in [0, 0.1) is 18.6 Å². The van der Waals surface area contributed by atoms with Crippen molar-refractivity contribution in [3.05, 3.63) is 34.9 Å². The minimum absolute atomic E-state index is 0.131. The molecule has 0 saturated carbocycles. The van der Waals surface area contributed by atoms with Crippen molar-refractivity contribution in [2.24, 2.45) is 5.73 Å². The van der Waals surface area contributed by atoms with Gasteiger partial charge in [-0.3, -0.25) is 0 Å². The zero-order valence-corrected chi connectivity index (χ0v) is 11.6. The van der Waals surface area contributed by atoms with Gasteiger partial charge < -0.3 is 5.73 Å². The molecule has 1 unspecified atom stereocenters. The van der Waals surface area contributed by atoms with E-state index in [1.54, 1.807) is 0 Å². The van der Waals surface area contributed by atoms with E-state index in [9.17, 15) is 17.2 Å². The Bertz CT molecular complexity index is 568. The van der Waals surface area contributed by atoms with E-state index in [4.69, 9.17) is 5.73 Å². The van der Waals surface area contributed by atoms with Crippen molar-refractivity contribution >= 4 is 9.84 Å². The highest BCUT2D eigenvalue weighted by molar-refractivity contribution is 7.92. The van der Waals surface area contributed by atoms with Crippen LogP contribution in [0.5, 0.6) is 0 Å². The summed E-state index contributed by atoms with van der Waals surface area (Å²) in [5.74, 6) is -1.30. The summed E-state index contributed by atoms with van der Waals surface area (Å²) < 4.78 is 49.1. The van der Waals surface area contributed by atoms with Crippen LogP contribution in [0.2, 0.25) is 0 Å². The Morgan fingerprint density at radius 1 is 1.22 bits per heavy atom. The lowest BCUT2D eigenvalue weighted by molar-refractivity contribution is 0.474. The van der Waals surface area contributed by atoms with E-state index in [1.807, 2.05) is 0 Å². The number of aryl methyl sites for hydroxylation is 1. The molecule has 1 atom stereocenters. The van der Waals surface area contributed by atoms with Gasteiger partial charge in [0.15, 0.2) is 9.84 Å². The topological polar surface area (TPSA) is 60.2 Å². The van der Waals surface area contributed by atoms with Crippen LogP contribution >= 0.6 is 0 Å². The molecule has 0 bridgehead atoms. The number of hydrogen-bond acceptors (Lipinski definition) is 3. The average Bonchev–Trinajstić information content (AvgIpc) is 2.20. The van der Waals surface area contributed by atoms with Gasteiger partial charge in [-0.25, -0.2) is 17.2 Å². The van der Waals surface area contributed by atoms with Gasteiger partial charge in [-0.05, 0) is 38.5 Å². The third kappa shape index (κ3) is 2.54. The molecule has 0 amide bonds. The fraction of sp³-hybridized carbons (Fsp3) is 0.500. The van der Waals surface area contributed by atoms with Crippen LogP contribution in [-0.4, -0.2) is 19.4 Å². The summed E-state index contributed by atoms with van der Waals surface area (Å²) in [5.41, 5.74) is 5.82. The molecule has 0 aliphatic carbocycles. The molecule has 1 aromatic rings. The molecule has 18 heavy (non-hydrogen) atoms. The molecule has 0 radical (unpaired) electrons. The highest BCUT2D eigenvalue weighted by atomic mass is 32.2. The molecule has 1 rings (SSSR count). The molecule has 6 heteroatoms. The van der Waals surface area contributed by atoms with Gasteiger partial charge >= 0.3 is 0 Å². The number of hydrogen-bond donors (Lipinski definition) is 1. The molecule has 1 aromatic carbocycles. The van der Waals surface area contributed by atoms with Gasteiger partial charge in [-0.1, -0.05) is 0 Å². The van der Waals surface area contributed by atoms with Crippen LogP contribution in [0.1, 0.15) is 31.0 Å². The highest BCUT2D eigenvalue weighted by Gasteiger charge is 2.39. The molecule has 0 aliphatic rings. The van der Waals surface area contributed by atoms with E-state index >= 15 is 0 Å². The predicted octanol–water partition coefficient (Wildman–Crippen LogP) is 2.10. The standard InChI is InChI=1S/C12H17F2NO2S/c1-7-5-10(14)8(6-9(7)13)11(15)12(2,3)18(4,16)17/h5-6,11H,15H2,1-4H3. The first-order valence-corrected chi connectivity index (χ1v) is 7.28. The second-order valence-corrected chi connectivity index (χ2v) is 7.57. The van der Waals surface area contributed by atoms with Gasteiger partial charge in [0.1, 0.15) is 11.6 Å². The van der Waals surface area contributed by atoms with Crippen LogP contribution in [0.25, 0.3) is 0 Å². The number of nitrogens with two attached hydrogens (primary N) is 1. The van der Waals surface area contributed by atoms with Crippen LogP contribution < -0.4 is 5.73 Å². The van der Waals surface area contributed by atoms with Crippen molar-refractivity contribution in [1.82, 2.24) is 0 Å². The van der Waals surface area contributed by atoms with E-state index in [0.29, 0.717) is 0 Å². The second kappa shape index (κ2) is 4.59. The Morgan fingerprint density at radius 3 is 2.17 bits per heavy atom. The Hall–Kier alpha value is -1.01. The predicted molar refractivity (Wildman–Crippen MR) is 66.9 cm³/mol. The monoisotopic (exact) mass is 277 g/mol. The zero-order valence-electron chi connectivity index (χ0n) is 10.8. The third-order valence-electron chi connectivity index (χ3n) is 3.32. The summed E-state index contributed by atoms with van der Waals surface area (Å²) in [6.07, 6.45) is 1.02. The summed E-state index contributed by atoms with van der Waals surface area (Å²) in [6.45, 7) is 4.21. The molecule has 0 aromatic heterocycles. The summed E-state index contributed by atoms with van der Waals surface area (Å²) in [5, 5.41) is 0. The zero-order chi connectivity index (χ0) is 14.3. The second-order valence-electron chi connectivity index (χ2n) is 4.98. The smallest absolute Gasteiger partial charge is 0.154 e. The van der Waals surface area contributed by atoms with Crippen LogP contribution in [0.15, 0.2) is 12.1 Å². The fourth-order valence-electron chi connectivity index (χ4n) is 1.51. The Labute approximate surface area is 106 Å². The number of rotatable bonds is 3. The molecule has 0 heterocycles. The third-order valence-corrected chi connectivity index (χ3v) is 5.48. The lowest BCUT2D eigenvalue weighted by Gasteiger charge is -2.30. The summed E-state index contributed by atoms with van der Waals surface area (Å²) in [4.78, 5) is 0. The lowest BCUT2D eigenvalue weighted by Crippen LogP contribution is -2.42. The van der Waals surface area contributed by atoms with E-state index in [1.165, 1.54) is 20.8 Å². The molecule has 0 saturated heterocycles. The van der Waals surface area contributed by atoms with Crippen molar-refractivity contribution in [3.63, 3.8) is 0 Å². The largest absolute Gasteiger partial charge is 0.323 e. The van der Waals surface area contributed by atoms with E-state index < -0.39 is 32.3 Å². The van der Waals surface area contributed by atoms with Crippen LogP contribution in [-0.2, 0) is 9.84 Å².